The predicted octanol–water partition coefficient (Wildman–Crippen LogP) is 3.24. The van der Waals surface area contributed by atoms with E-state index in [1.54, 1.807) is 0 Å². The molecule has 1 atom stereocenters. The minimum Gasteiger partial charge on any atom is -0.317 e. The maximum atomic E-state index is 13.6. The fourth-order valence-electron chi connectivity index (χ4n) is 2.11. The van der Waals surface area contributed by atoms with Gasteiger partial charge in [-0.15, -0.1) is 0 Å². The van der Waals surface area contributed by atoms with Crippen LogP contribution in [0, 0.1) is 11.6 Å². The second kappa shape index (κ2) is 4.91. The largest absolute Gasteiger partial charge is 0.317 e. The number of hydrogen-bond donors (Lipinski definition) is 1. The molecule has 1 unspecified atom stereocenters. The molecule has 16 heavy (non-hydrogen) atoms. The third-order valence-corrected chi connectivity index (χ3v) is 2.95. The van der Waals surface area contributed by atoms with Gasteiger partial charge < -0.3 is 5.32 Å². The lowest BCUT2D eigenvalue weighted by atomic mass is 9.79. The summed E-state index contributed by atoms with van der Waals surface area (Å²) in [7, 11) is 1.85. The van der Waals surface area contributed by atoms with Crippen LogP contribution in [0.2, 0.25) is 0 Å². The highest BCUT2D eigenvalue weighted by Crippen LogP contribution is 2.32. The average molecular weight is 227 g/mol. The molecule has 0 aromatic heterocycles. The maximum Gasteiger partial charge on any atom is 0.129 e. The van der Waals surface area contributed by atoms with Crippen molar-refractivity contribution in [2.45, 2.75) is 38.6 Å². The molecule has 0 radical (unpaired) electrons. The highest BCUT2D eigenvalue weighted by molar-refractivity contribution is 5.27. The van der Waals surface area contributed by atoms with Crippen molar-refractivity contribution in [3.05, 3.63) is 35.4 Å². The van der Waals surface area contributed by atoms with E-state index < -0.39 is 17.0 Å². The second-order valence-electron chi connectivity index (χ2n) is 4.87. The third-order valence-electron chi connectivity index (χ3n) is 2.95. The van der Waals surface area contributed by atoms with Crippen molar-refractivity contribution < 1.29 is 8.78 Å². The van der Waals surface area contributed by atoms with Crippen molar-refractivity contribution in [2.75, 3.05) is 7.05 Å². The number of rotatable bonds is 4. The van der Waals surface area contributed by atoms with Gasteiger partial charge in [0.05, 0.1) is 0 Å². The number of benzene rings is 1. The maximum absolute atomic E-state index is 13.6. The lowest BCUT2D eigenvalue weighted by Gasteiger charge is -2.29. The van der Waals surface area contributed by atoms with Crippen LogP contribution in [0.15, 0.2) is 18.2 Å². The Balaban J connectivity index is 3.06. The van der Waals surface area contributed by atoms with Gasteiger partial charge in [0, 0.05) is 11.6 Å². The molecule has 0 saturated heterocycles. The van der Waals surface area contributed by atoms with E-state index in [9.17, 15) is 8.78 Å². The van der Waals surface area contributed by atoms with Gasteiger partial charge in [-0.05, 0) is 37.9 Å². The van der Waals surface area contributed by atoms with Crippen LogP contribution in [0.25, 0.3) is 0 Å². The average Bonchev–Trinajstić information content (AvgIpc) is 2.16. The molecule has 3 heteroatoms. The summed E-state index contributed by atoms with van der Waals surface area (Å²) in [6, 6.07) is 4.23. The first-order valence-corrected chi connectivity index (χ1v) is 5.50. The Morgan fingerprint density at radius 3 is 2.19 bits per heavy atom. The lowest BCUT2D eigenvalue weighted by Crippen LogP contribution is -2.32. The molecular weight excluding hydrogens is 208 g/mol. The normalized spacial score (nSPS) is 13.9. The molecule has 0 amide bonds. The van der Waals surface area contributed by atoms with Crippen LogP contribution in [0.5, 0.6) is 0 Å². The molecule has 0 fully saturated rings. The molecule has 1 rings (SSSR count). The summed E-state index contributed by atoms with van der Waals surface area (Å²) >= 11 is 0. The first-order valence-electron chi connectivity index (χ1n) is 5.50. The first kappa shape index (κ1) is 13.1. The minimum atomic E-state index is -0.516. The highest BCUT2D eigenvalue weighted by atomic mass is 19.1. The smallest absolute Gasteiger partial charge is 0.129 e. The fourth-order valence-corrected chi connectivity index (χ4v) is 2.11. The monoisotopic (exact) mass is 227 g/mol. The van der Waals surface area contributed by atoms with Gasteiger partial charge in [0.1, 0.15) is 11.6 Å². The van der Waals surface area contributed by atoms with Crippen molar-refractivity contribution in [3.8, 4) is 0 Å². The van der Waals surface area contributed by atoms with E-state index in [-0.39, 0.29) is 11.6 Å². The van der Waals surface area contributed by atoms with Crippen LogP contribution in [0.3, 0.4) is 0 Å². The molecule has 0 bridgehead atoms. The molecule has 0 aliphatic heterocycles. The molecule has 0 aliphatic rings. The zero-order valence-corrected chi connectivity index (χ0v) is 10.3. The zero-order chi connectivity index (χ0) is 12.3. The van der Waals surface area contributed by atoms with Crippen molar-refractivity contribution in [1.82, 2.24) is 5.32 Å². The van der Waals surface area contributed by atoms with Crippen LogP contribution in [-0.2, 0) is 5.41 Å². The van der Waals surface area contributed by atoms with E-state index in [0.29, 0.717) is 6.42 Å². The fraction of sp³-hybridized carbons (Fsp3) is 0.538. The molecule has 1 nitrogen and oxygen atoms in total. The summed E-state index contributed by atoms with van der Waals surface area (Å²) in [5.74, 6) is -0.929. The van der Waals surface area contributed by atoms with Gasteiger partial charge in [0.25, 0.3) is 0 Å². The minimum absolute atomic E-state index is 0.178. The summed E-state index contributed by atoms with van der Waals surface area (Å²) < 4.78 is 27.3. The second-order valence-corrected chi connectivity index (χ2v) is 4.87. The molecule has 1 N–H and O–H groups in total. The number of halogens is 2. The van der Waals surface area contributed by atoms with Crippen LogP contribution in [0.4, 0.5) is 8.78 Å². The Labute approximate surface area is 95.9 Å². The van der Waals surface area contributed by atoms with Gasteiger partial charge >= 0.3 is 0 Å². The first-order chi connectivity index (χ1) is 7.38. The van der Waals surface area contributed by atoms with Gasteiger partial charge in [0.2, 0.25) is 0 Å². The van der Waals surface area contributed by atoms with E-state index in [1.165, 1.54) is 18.2 Å². The lowest BCUT2D eigenvalue weighted by molar-refractivity contribution is 0.374. The van der Waals surface area contributed by atoms with E-state index in [0.717, 1.165) is 0 Å². The molecule has 1 aromatic rings. The Bertz CT molecular complexity index is 341. The molecule has 0 spiro atoms. The topological polar surface area (TPSA) is 12.0 Å². The zero-order valence-electron chi connectivity index (χ0n) is 10.3. The third kappa shape index (κ3) is 2.79. The summed E-state index contributed by atoms with van der Waals surface area (Å²) in [6.07, 6.45) is 0.682. The van der Waals surface area contributed by atoms with Crippen LogP contribution >= 0.6 is 0 Å². The Morgan fingerprint density at radius 1 is 1.25 bits per heavy atom. The Hall–Kier alpha value is -0.960. The molecule has 0 aliphatic carbocycles. The van der Waals surface area contributed by atoms with Crippen molar-refractivity contribution in [1.29, 1.82) is 0 Å². The SMILES string of the molecule is CNC(C)CC(C)(C)c1c(F)cccc1F. The van der Waals surface area contributed by atoms with Gasteiger partial charge in [-0.3, -0.25) is 0 Å². The Morgan fingerprint density at radius 2 is 1.75 bits per heavy atom. The standard InChI is InChI=1S/C13H19F2N/c1-9(16-4)8-13(2,3)12-10(14)6-5-7-11(12)15/h5-7,9,16H,8H2,1-4H3. The van der Waals surface area contributed by atoms with Gasteiger partial charge in [-0.1, -0.05) is 19.9 Å². The molecule has 0 heterocycles. The predicted molar refractivity (Wildman–Crippen MR) is 62.5 cm³/mol. The van der Waals surface area contributed by atoms with E-state index in [2.05, 4.69) is 5.32 Å². The van der Waals surface area contributed by atoms with Gasteiger partial charge in [-0.2, -0.15) is 0 Å². The number of hydrogen-bond acceptors (Lipinski definition) is 1. The molecule has 1 aromatic carbocycles. The summed E-state index contributed by atoms with van der Waals surface area (Å²) in [5, 5.41) is 3.08. The van der Waals surface area contributed by atoms with Crippen LogP contribution < -0.4 is 5.32 Å². The van der Waals surface area contributed by atoms with E-state index in [1.807, 2.05) is 27.8 Å². The van der Waals surface area contributed by atoms with Crippen LogP contribution in [-0.4, -0.2) is 13.1 Å². The molecule has 90 valence electrons. The Kier molecular flexibility index (Phi) is 4.03. The van der Waals surface area contributed by atoms with Gasteiger partial charge in [0.15, 0.2) is 0 Å². The number of nitrogens with one attached hydrogen (secondary N) is 1. The molecular formula is C13H19F2N. The summed E-state index contributed by atoms with van der Waals surface area (Å²) in [5.41, 5.74) is -0.338. The summed E-state index contributed by atoms with van der Waals surface area (Å²) in [4.78, 5) is 0. The van der Waals surface area contributed by atoms with Crippen LogP contribution in [0.1, 0.15) is 32.8 Å². The van der Waals surface area contributed by atoms with Crippen molar-refractivity contribution >= 4 is 0 Å². The summed E-state index contributed by atoms with van der Waals surface area (Å²) in [6.45, 7) is 5.73. The van der Waals surface area contributed by atoms with Crippen molar-refractivity contribution in [3.63, 3.8) is 0 Å². The molecule has 0 saturated carbocycles. The van der Waals surface area contributed by atoms with E-state index in [4.69, 9.17) is 0 Å². The van der Waals surface area contributed by atoms with E-state index >= 15 is 0 Å². The van der Waals surface area contributed by atoms with Crippen molar-refractivity contribution in [2.24, 2.45) is 0 Å². The quantitative estimate of drug-likeness (QED) is 0.832. The van der Waals surface area contributed by atoms with Gasteiger partial charge in [-0.25, -0.2) is 8.78 Å². The highest BCUT2D eigenvalue weighted by Gasteiger charge is 2.28.